The summed E-state index contributed by atoms with van der Waals surface area (Å²) in [6, 6.07) is 5.27. The first kappa shape index (κ1) is 21.3. The summed E-state index contributed by atoms with van der Waals surface area (Å²) in [5, 5.41) is 0. The van der Waals surface area contributed by atoms with Gasteiger partial charge in [0.1, 0.15) is 0 Å². The first-order valence-corrected chi connectivity index (χ1v) is 12.7. The second-order valence-corrected chi connectivity index (χ2v) is 11.3. The Morgan fingerprint density at radius 2 is 1.58 bits per heavy atom. The van der Waals surface area contributed by atoms with Crippen LogP contribution in [-0.2, 0) is 38.6 Å². The van der Waals surface area contributed by atoms with Gasteiger partial charge in [-0.25, -0.2) is 8.42 Å². The van der Waals surface area contributed by atoms with Crippen molar-refractivity contribution in [2.24, 2.45) is 0 Å². The van der Waals surface area contributed by atoms with Gasteiger partial charge in [0, 0.05) is 6.54 Å². The minimum Gasteiger partial charge on any atom is -0.269 e. The highest BCUT2D eigenvalue weighted by atomic mass is 32.2. The summed E-state index contributed by atoms with van der Waals surface area (Å²) in [6.07, 6.45) is 0.795. The van der Waals surface area contributed by atoms with Crippen molar-refractivity contribution in [1.29, 1.82) is 0 Å². The predicted octanol–water partition coefficient (Wildman–Crippen LogP) is 0.0790. The minimum atomic E-state index is -3.98. The van der Waals surface area contributed by atoms with E-state index in [1.54, 1.807) is 12.1 Å². The number of benzene rings is 1. The van der Waals surface area contributed by atoms with Crippen LogP contribution in [-0.4, -0.2) is 67.4 Å². The van der Waals surface area contributed by atoms with E-state index in [2.05, 4.69) is 0 Å². The molecule has 1 heterocycles. The molecule has 1 aliphatic rings. The number of aryl methyl sites for hydroxylation is 1. The summed E-state index contributed by atoms with van der Waals surface area (Å²) >= 11 is 0. The summed E-state index contributed by atoms with van der Waals surface area (Å²) < 4.78 is 81.7. The summed E-state index contributed by atoms with van der Waals surface area (Å²) in [5.74, 6) is 0. The van der Waals surface area contributed by atoms with Crippen LogP contribution in [0.5, 0.6) is 0 Å². The van der Waals surface area contributed by atoms with Crippen LogP contribution in [0.25, 0.3) is 0 Å². The average molecular weight is 428 g/mol. The van der Waals surface area contributed by atoms with Crippen LogP contribution in [0.2, 0.25) is 0 Å². The predicted molar refractivity (Wildman–Crippen MR) is 94.0 cm³/mol. The molecule has 0 saturated carbocycles. The second kappa shape index (κ2) is 7.52. The molecule has 1 aliphatic heterocycles. The van der Waals surface area contributed by atoms with Crippen molar-refractivity contribution in [1.82, 2.24) is 4.31 Å². The van der Waals surface area contributed by atoms with Crippen LogP contribution in [0.15, 0.2) is 29.2 Å². The Hall–Kier alpha value is -1.05. The maximum Gasteiger partial charge on any atom is 0.264 e. The van der Waals surface area contributed by atoms with E-state index >= 15 is 0 Å². The van der Waals surface area contributed by atoms with Gasteiger partial charge in [-0.1, -0.05) is 17.7 Å². The number of hydrogen-bond donors (Lipinski definition) is 0. The normalized spacial score (nSPS) is 22.6. The zero-order chi connectivity index (χ0) is 19.8. The molecule has 0 radical (unpaired) electrons. The highest BCUT2D eigenvalue weighted by Gasteiger charge is 2.42. The second-order valence-electron chi connectivity index (χ2n) is 6.19. The Kier molecular flexibility index (Phi) is 6.15. The standard InChI is InChI=1S/C14H21NO8S3/c1-11-4-6-14(7-5-11)26(20,21)15-9-13(23-25(3,18)19)8-12(15)10-22-24(2,16)17/h4-7,12-13H,8-10H2,1-3H3/t12-,13+/m0/s1. The third kappa shape index (κ3) is 5.72. The molecular weight excluding hydrogens is 406 g/mol. The minimum absolute atomic E-state index is 0.00627. The molecule has 0 bridgehead atoms. The van der Waals surface area contributed by atoms with Gasteiger partial charge in [-0.3, -0.25) is 8.37 Å². The lowest BCUT2D eigenvalue weighted by atomic mass is 10.2. The Morgan fingerprint density at radius 1 is 1.00 bits per heavy atom. The lowest BCUT2D eigenvalue weighted by molar-refractivity contribution is 0.220. The Labute approximate surface area is 154 Å². The first-order chi connectivity index (χ1) is 11.8. The molecule has 1 aromatic carbocycles. The molecule has 0 aromatic heterocycles. The van der Waals surface area contributed by atoms with Crippen LogP contribution < -0.4 is 0 Å². The van der Waals surface area contributed by atoms with Gasteiger partial charge >= 0.3 is 0 Å². The molecule has 148 valence electrons. The Balaban J connectivity index is 2.32. The van der Waals surface area contributed by atoms with Gasteiger partial charge in [0.2, 0.25) is 10.0 Å². The molecule has 0 aliphatic carbocycles. The van der Waals surface area contributed by atoms with Gasteiger partial charge in [0.05, 0.1) is 36.2 Å². The molecular formula is C14H21NO8S3. The topological polar surface area (TPSA) is 124 Å². The van der Waals surface area contributed by atoms with E-state index in [-0.39, 0.29) is 17.9 Å². The van der Waals surface area contributed by atoms with Crippen molar-refractivity contribution >= 4 is 30.3 Å². The van der Waals surface area contributed by atoms with Gasteiger partial charge in [-0.05, 0) is 25.5 Å². The van der Waals surface area contributed by atoms with Gasteiger partial charge in [0.25, 0.3) is 20.2 Å². The molecule has 0 spiro atoms. The molecule has 9 nitrogen and oxygen atoms in total. The van der Waals surface area contributed by atoms with E-state index in [0.29, 0.717) is 0 Å². The van der Waals surface area contributed by atoms with E-state index in [9.17, 15) is 25.3 Å². The molecule has 2 atom stereocenters. The SMILES string of the molecule is Cc1ccc(S(=O)(=O)N2C[C@H](OS(C)(=O)=O)C[C@H]2COS(C)(=O)=O)cc1. The number of nitrogens with zero attached hydrogens (tertiary/aromatic N) is 1. The zero-order valence-electron chi connectivity index (χ0n) is 14.5. The third-order valence-corrected chi connectivity index (χ3v) is 6.86. The molecule has 1 fully saturated rings. The van der Waals surface area contributed by atoms with Crippen molar-refractivity contribution in [2.45, 2.75) is 30.4 Å². The smallest absolute Gasteiger partial charge is 0.264 e. The van der Waals surface area contributed by atoms with Crippen molar-refractivity contribution < 1.29 is 33.6 Å². The van der Waals surface area contributed by atoms with E-state index in [0.717, 1.165) is 22.4 Å². The highest BCUT2D eigenvalue weighted by Crippen LogP contribution is 2.29. The van der Waals surface area contributed by atoms with Crippen LogP contribution in [0, 0.1) is 6.92 Å². The molecule has 26 heavy (non-hydrogen) atoms. The first-order valence-electron chi connectivity index (χ1n) is 7.59. The Bertz CT molecular complexity index is 952. The van der Waals surface area contributed by atoms with Crippen LogP contribution in [0.4, 0.5) is 0 Å². The monoisotopic (exact) mass is 427 g/mol. The van der Waals surface area contributed by atoms with Crippen molar-refractivity contribution in [3.63, 3.8) is 0 Å². The lowest BCUT2D eigenvalue weighted by Crippen LogP contribution is -2.39. The van der Waals surface area contributed by atoms with Crippen molar-refractivity contribution in [2.75, 3.05) is 25.7 Å². The molecule has 1 saturated heterocycles. The Morgan fingerprint density at radius 3 is 2.08 bits per heavy atom. The largest absolute Gasteiger partial charge is 0.269 e. The van der Waals surface area contributed by atoms with Gasteiger partial charge in [-0.15, -0.1) is 0 Å². The summed E-state index contributed by atoms with van der Waals surface area (Å²) in [7, 11) is -11.6. The van der Waals surface area contributed by atoms with E-state index in [1.165, 1.54) is 12.1 Å². The molecule has 0 amide bonds. The fourth-order valence-electron chi connectivity index (χ4n) is 2.66. The van der Waals surface area contributed by atoms with Crippen LogP contribution >= 0.6 is 0 Å². The molecule has 12 heteroatoms. The third-order valence-electron chi connectivity index (χ3n) is 3.74. The maximum atomic E-state index is 12.9. The summed E-state index contributed by atoms with van der Waals surface area (Å²) in [4.78, 5) is 0.0208. The van der Waals surface area contributed by atoms with Gasteiger partial charge in [-0.2, -0.15) is 21.1 Å². The van der Waals surface area contributed by atoms with Crippen molar-refractivity contribution in [3.8, 4) is 0 Å². The van der Waals surface area contributed by atoms with E-state index < -0.39 is 49.0 Å². The molecule has 2 rings (SSSR count). The van der Waals surface area contributed by atoms with E-state index in [4.69, 9.17) is 8.37 Å². The van der Waals surface area contributed by atoms with Crippen molar-refractivity contribution in [3.05, 3.63) is 29.8 Å². The molecule has 1 aromatic rings. The summed E-state index contributed by atoms with van der Waals surface area (Å²) in [6.45, 7) is 1.17. The lowest BCUT2D eigenvalue weighted by Gasteiger charge is -2.23. The van der Waals surface area contributed by atoms with Gasteiger partial charge in [0.15, 0.2) is 0 Å². The molecule has 0 N–H and O–H groups in total. The maximum absolute atomic E-state index is 12.9. The fourth-order valence-corrected chi connectivity index (χ4v) is 5.35. The zero-order valence-corrected chi connectivity index (χ0v) is 17.0. The number of sulfonamides is 1. The average Bonchev–Trinajstić information content (AvgIpc) is 2.86. The number of rotatable bonds is 7. The van der Waals surface area contributed by atoms with Crippen LogP contribution in [0.3, 0.4) is 0 Å². The fraction of sp³-hybridized carbons (Fsp3) is 0.571. The van der Waals surface area contributed by atoms with Crippen LogP contribution in [0.1, 0.15) is 12.0 Å². The van der Waals surface area contributed by atoms with E-state index in [1.807, 2.05) is 6.92 Å². The number of hydrogen-bond acceptors (Lipinski definition) is 8. The van der Waals surface area contributed by atoms with Gasteiger partial charge < -0.3 is 0 Å². The quantitative estimate of drug-likeness (QED) is 0.560. The highest BCUT2D eigenvalue weighted by molar-refractivity contribution is 7.89. The summed E-state index contributed by atoms with van der Waals surface area (Å²) in [5.41, 5.74) is 0.876. The molecule has 0 unspecified atom stereocenters.